The number of aromatic hydroxyl groups is 1. The molecule has 0 bridgehead atoms. The third-order valence-electron chi connectivity index (χ3n) is 5.69. The molecule has 1 aromatic heterocycles. The Morgan fingerprint density at radius 2 is 1.86 bits per heavy atom. The average molecular weight is 393 g/mol. The fourth-order valence-corrected chi connectivity index (χ4v) is 4.03. The van der Waals surface area contributed by atoms with E-state index in [1.807, 2.05) is 18.2 Å². The highest BCUT2D eigenvalue weighted by Gasteiger charge is 2.25. The molecule has 1 saturated heterocycles. The van der Waals surface area contributed by atoms with E-state index in [1.54, 1.807) is 25.1 Å². The largest absolute Gasteiger partial charge is 0.508 e. The molecule has 3 aromatic rings. The van der Waals surface area contributed by atoms with Crippen LogP contribution in [0.15, 0.2) is 52.9 Å². The van der Waals surface area contributed by atoms with Crippen LogP contribution in [-0.2, 0) is 0 Å². The van der Waals surface area contributed by atoms with E-state index in [-0.39, 0.29) is 17.7 Å². The third-order valence-corrected chi connectivity index (χ3v) is 5.69. The Labute approximate surface area is 170 Å². The first kappa shape index (κ1) is 19.5. The van der Waals surface area contributed by atoms with Crippen molar-refractivity contribution in [3.05, 3.63) is 65.4 Å². The molecular formula is C23H27N3O3. The second kappa shape index (κ2) is 8.27. The number of furan rings is 1. The van der Waals surface area contributed by atoms with E-state index in [2.05, 4.69) is 34.3 Å². The molecule has 6 heteroatoms. The molecule has 0 unspecified atom stereocenters. The van der Waals surface area contributed by atoms with Crippen molar-refractivity contribution in [2.75, 3.05) is 39.8 Å². The number of piperazine rings is 1. The summed E-state index contributed by atoms with van der Waals surface area (Å²) in [6.45, 7) is 6.25. The maximum absolute atomic E-state index is 13.0. The molecule has 4 rings (SSSR count). The number of carbonyl (C=O) groups excluding carboxylic acids is 1. The summed E-state index contributed by atoms with van der Waals surface area (Å²) in [6, 6.07) is 15.3. The fraction of sp³-hybridized carbons (Fsp3) is 0.348. The van der Waals surface area contributed by atoms with E-state index in [1.165, 1.54) is 5.56 Å². The summed E-state index contributed by atoms with van der Waals surface area (Å²) in [4.78, 5) is 17.8. The van der Waals surface area contributed by atoms with E-state index < -0.39 is 0 Å². The van der Waals surface area contributed by atoms with Crippen LogP contribution in [0.4, 0.5) is 0 Å². The predicted octanol–water partition coefficient (Wildman–Crippen LogP) is 3.17. The van der Waals surface area contributed by atoms with Crippen LogP contribution < -0.4 is 5.32 Å². The molecule has 29 heavy (non-hydrogen) atoms. The summed E-state index contributed by atoms with van der Waals surface area (Å²) in [5.41, 5.74) is 2.29. The van der Waals surface area contributed by atoms with Crippen molar-refractivity contribution in [1.82, 2.24) is 15.1 Å². The quantitative estimate of drug-likeness (QED) is 0.697. The van der Waals surface area contributed by atoms with Crippen molar-refractivity contribution >= 4 is 16.9 Å². The minimum absolute atomic E-state index is 0.112. The van der Waals surface area contributed by atoms with Gasteiger partial charge in [0.25, 0.3) is 5.91 Å². The summed E-state index contributed by atoms with van der Waals surface area (Å²) in [5, 5.41) is 13.6. The Kier molecular flexibility index (Phi) is 5.56. The molecule has 1 amide bonds. The van der Waals surface area contributed by atoms with Crippen LogP contribution >= 0.6 is 0 Å². The monoisotopic (exact) mass is 393 g/mol. The van der Waals surface area contributed by atoms with E-state index in [4.69, 9.17) is 4.42 Å². The second-order valence-corrected chi connectivity index (χ2v) is 7.69. The second-order valence-electron chi connectivity index (χ2n) is 7.69. The van der Waals surface area contributed by atoms with Crippen molar-refractivity contribution in [2.45, 2.75) is 13.0 Å². The molecule has 2 aromatic carbocycles. The van der Waals surface area contributed by atoms with Crippen molar-refractivity contribution in [3.63, 3.8) is 0 Å². The Morgan fingerprint density at radius 1 is 1.14 bits per heavy atom. The number of phenolic OH excluding ortho intramolecular Hbond substituents is 1. The van der Waals surface area contributed by atoms with E-state index in [0.29, 0.717) is 28.8 Å². The molecule has 0 radical (unpaired) electrons. The Bertz CT molecular complexity index is 991. The molecule has 1 fully saturated rings. The number of hydrogen-bond acceptors (Lipinski definition) is 5. The molecule has 2 N–H and O–H groups in total. The normalized spacial score (nSPS) is 16.8. The number of nitrogens with one attached hydrogen (secondary N) is 1. The molecule has 1 aliphatic heterocycles. The van der Waals surface area contributed by atoms with Gasteiger partial charge in [-0.15, -0.1) is 0 Å². The number of likely N-dealkylation sites (N-methyl/N-ethyl adjacent to an activating group) is 1. The maximum atomic E-state index is 13.0. The van der Waals surface area contributed by atoms with E-state index >= 15 is 0 Å². The zero-order valence-electron chi connectivity index (χ0n) is 16.9. The molecule has 6 nitrogen and oxygen atoms in total. The number of fused-ring (bicyclic) bond motifs is 1. The van der Waals surface area contributed by atoms with Crippen molar-refractivity contribution in [1.29, 1.82) is 0 Å². The molecule has 0 saturated carbocycles. The fourth-order valence-electron chi connectivity index (χ4n) is 4.03. The van der Waals surface area contributed by atoms with Crippen LogP contribution in [-0.4, -0.2) is 60.6 Å². The number of amides is 1. The van der Waals surface area contributed by atoms with Gasteiger partial charge in [-0.25, -0.2) is 0 Å². The summed E-state index contributed by atoms with van der Waals surface area (Å²) >= 11 is 0. The van der Waals surface area contributed by atoms with Crippen molar-refractivity contribution in [2.24, 2.45) is 0 Å². The molecule has 152 valence electrons. The van der Waals surface area contributed by atoms with Crippen LogP contribution in [0.1, 0.15) is 27.7 Å². The Morgan fingerprint density at radius 3 is 2.59 bits per heavy atom. The zero-order valence-corrected chi connectivity index (χ0v) is 16.9. The number of phenols is 1. The lowest BCUT2D eigenvalue weighted by molar-refractivity contribution is 0.0886. The van der Waals surface area contributed by atoms with Gasteiger partial charge in [0.1, 0.15) is 17.1 Å². The summed E-state index contributed by atoms with van der Waals surface area (Å²) < 4.78 is 5.71. The smallest absolute Gasteiger partial charge is 0.255 e. The SMILES string of the molecule is Cc1oc2ccc(O)cc2c1C(=O)NC[C@H](c1ccccc1)N1CCN(C)CC1. The highest BCUT2D eigenvalue weighted by Crippen LogP contribution is 2.29. The number of rotatable bonds is 5. The first-order chi connectivity index (χ1) is 14.0. The van der Waals surface area contributed by atoms with Gasteiger partial charge in [-0.05, 0) is 37.7 Å². The summed E-state index contributed by atoms with van der Waals surface area (Å²) in [5.74, 6) is 0.493. The van der Waals surface area contributed by atoms with Gasteiger partial charge in [-0.2, -0.15) is 0 Å². The lowest BCUT2D eigenvalue weighted by Gasteiger charge is -2.38. The van der Waals surface area contributed by atoms with Gasteiger partial charge in [0, 0.05) is 38.1 Å². The van der Waals surface area contributed by atoms with Crippen LogP contribution in [0.25, 0.3) is 11.0 Å². The minimum atomic E-state index is -0.179. The van der Waals surface area contributed by atoms with Gasteiger partial charge in [-0.3, -0.25) is 9.69 Å². The standard InChI is InChI=1S/C23H27N3O3/c1-16-22(19-14-18(27)8-9-21(19)29-16)23(28)24-15-20(17-6-4-3-5-7-17)26-12-10-25(2)11-13-26/h3-9,14,20,27H,10-13,15H2,1-2H3,(H,24,28)/t20-/m1/s1. The number of nitrogens with zero attached hydrogens (tertiary/aromatic N) is 2. The lowest BCUT2D eigenvalue weighted by atomic mass is 10.0. The van der Waals surface area contributed by atoms with Crippen molar-refractivity contribution < 1.29 is 14.3 Å². The average Bonchev–Trinajstić information content (AvgIpc) is 3.05. The maximum Gasteiger partial charge on any atom is 0.255 e. The third kappa shape index (κ3) is 4.13. The van der Waals surface area contributed by atoms with Crippen LogP contribution in [0.5, 0.6) is 5.75 Å². The number of hydrogen-bond donors (Lipinski definition) is 2. The highest BCUT2D eigenvalue weighted by atomic mass is 16.3. The molecule has 2 heterocycles. The van der Waals surface area contributed by atoms with Crippen molar-refractivity contribution in [3.8, 4) is 5.75 Å². The molecule has 1 atom stereocenters. The Balaban J connectivity index is 1.55. The highest BCUT2D eigenvalue weighted by molar-refractivity contribution is 6.07. The molecule has 0 aliphatic carbocycles. The van der Waals surface area contributed by atoms with Gasteiger partial charge in [-0.1, -0.05) is 30.3 Å². The van der Waals surface area contributed by atoms with E-state index in [9.17, 15) is 9.90 Å². The van der Waals surface area contributed by atoms with Crippen LogP contribution in [0.3, 0.4) is 0 Å². The Hall–Kier alpha value is -2.83. The molecular weight excluding hydrogens is 366 g/mol. The van der Waals surface area contributed by atoms with Gasteiger partial charge >= 0.3 is 0 Å². The van der Waals surface area contributed by atoms with Gasteiger partial charge in [0.05, 0.1) is 11.6 Å². The van der Waals surface area contributed by atoms with Crippen LogP contribution in [0, 0.1) is 6.92 Å². The predicted molar refractivity (Wildman–Crippen MR) is 113 cm³/mol. The number of aryl methyl sites for hydroxylation is 1. The van der Waals surface area contributed by atoms with Crippen LogP contribution in [0.2, 0.25) is 0 Å². The van der Waals surface area contributed by atoms with Gasteiger partial charge in [0.2, 0.25) is 0 Å². The minimum Gasteiger partial charge on any atom is -0.508 e. The first-order valence-corrected chi connectivity index (χ1v) is 10.0. The topological polar surface area (TPSA) is 69.0 Å². The molecule has 1 aliphatic rings. The van der Waals surface area contributed by atoms with Gasteiger partial charge in [0.15, 0.2) is 0 Å². The number of carbonyl (C=O) groups is 1. The number of benzene rings is 2. The van der Waals surface area contributed by atoms with E-state index in [0.717, 1.165) is 26.2 Å². The summed E-state index contributed by atoms with van der Waals surface area (Å²) in [6.07, 6.45) is 0. The summed E-state index contributed by atoms with van der Waals surface area (Å²) in [7, 11) is 2.14. The van der Waals surface area contributed by atoms with Gasteiger partial charge < -0.3 is 19.7 Å². The first-order valence-electron chi connectivity index (χ1n) is 10.0. The molecule has 0 spiro atoms. The zero-order chi connectivity index (χ0) is 20.4. The lowest BCUT2D eigenvalue weighted by Crippen LogP contribution is -2.48.